The van der Waals surface area contributed by atoms with E-state index in [1.807, 2.05) is 0 Å². The number of ether oxygens (including phenoxy) is 1. The van der Waals surface area contributed by atoms with Crippen molar-refractivity contribution in [2.75, 3.05) is 0 Å². The summed E-state index contributed by atoms with van der Waals surface area (Å²) in [6.07, 6.45) is 0. The minimum absolute atomic E-state index is 0.0548. The van der Waals surface area contributed by atoms with E-state index in [1.54, 1.807) is 48.5 Å². The molecule has 3 aromatic carbocycles. The van der Waals surface area contributed by atoms with Gasteiger partial charge in [-0.25, -0.2) is 4.79 Å². The van der Waals surface area contributed by atoms with Crippen molar-refractivity contribution in [2.45, 2.75) is 6.61 Å². The summed E-state index contributed by atoms with van der Waals surface area (Å²) in [5, 5.41) is 1.38. The maximum absolute atomic E-state index is 12.7. The Labute approximate surface area is 181 Å². The third kappa shape index (κ3) is 3.75. The lowest BCUT2D eigenvalue weighted by Crippen LogP contribution is -2.32. The van der Waals surface area contributed by atoms with E-state index in [1.165, 1.54) is 18.2 Å². The number of rotatable bonds is 5. The highest BCUT2D eigenvalue weighted by Gasteiger charge is 2.39. The lowest BCUT2D eigenvalue weighted by Gasteiger charge is -2.15. The van der Waals surface area contributed by atoms with Crippen molar-refractivity contribution >= 4 is 41.0 Å². The first-order valence-corrected chi connectivity index (χ1v) is 9.57. The third-order valence-corrected chi connectivity index (χ3v) is 5.02. The van der Waals surface area contributed by atoms with Crippen LogP contribution in [-0.4, -0.2) is 22.8 Å². The molecule has 6 nitrogen and oxygen atoms in total. The molecule has 2 amide bonds. The van der Waals surface area contributed by atoms with Gasteiger partial charge in [0.2, 0.25) is 0 Å². The number of amides is 2. The lowest BCUT2D eigenvalue weighted by molar-refractivity contribution is -0.0586. The maximum atomic E-state index is 12.7. The van der Waals surface area contributed by atoms with Crippen LogP contribution in [0.1, 0.15) is 36.6 Å². The zero-order valence-corrected chi connectivity index (χ0v) is 16.8. The number of benzene rings is 3. The van der Waals surface area contributed by atoms with Crippen molar-refractivity contribution in [1.82, 2.24) is 5.06 Å². The van der Waals surface area contributed by atoms with Crippen molar-refractivity contribution in [3.63, 3.8) is 0 Å². The fraction of sp³-hybridized carbons (Fsp3) is 0.0455. The van der Waals surface area contributed by atoms with Crippen LogP contribution < -0.4 is 4.74 Å². The van der Waals surface area contributed by atoms with E-state index in [2.05, 4.69) is 0 Å². The molecule has 0 aromatic heterocycles. The molecule has 0 N–H and O–H groups in total. The van der Waals surface area contributed by atoms with Gasteiger partial charge in [-0.05, 0) is 36.4 Å². The Kier molecular flexibility index (Phi) is 5.44. The van der Waals surface area contributed by atoms with E-state index < -0.39 is 17.8 Å². The topological polar surface area (TPSA) is 72.9 Å². The molecule has 1 aliphatic rings. The summed E-state index contributed by atoms with van der Waals surface area (Å²) in [5.74, 6) is -2.09. The molecule has 150 valence electrons. The molecule has 1 heterocycles. The Morgan fingerprint density at radius 1 is 0.867 bits per heavy atom. The van der Waals surface area contributed by atoms with Gasteiger partial charge in [0, 0.05) is 15.6 Å². The summed E-state index contributed by atoms with van der Waals surface area (Å²) in [6, 6.07) is 17.6. The predicted molar refractivity (Wildman–Crippen MR) is 110 cm³/mol. The number of fused-ring (bicyclic) bond motifs is 1. The number of hydroxylamine groups is 2. The molecule has 4 rings (SSSR count). The van der Waals surface area contributed by atoms with Gasteiger partial charge in [0.05, 0.1) is 11.1 Å². The molecule has 0 bridgehead atoms. The Morgan fingerprint density at radius 2 is 1.50 bits per heavy atom. The number of hydrogen-bond donors (Lipinski definition) is 0. The quantitative estimate of drug-likeness (QED) is 0.524. The Balaban J connectivity index is 1.52. The smallest absolute Gasteiger partial charge is 0.367 e. The highest BCUT2D eigenvalue weighted by atomic mass is 35.5. The number of para-hydroxylation sites is 1. The number of carbonyl (C=O) groups is 3. The van der Waals surface area contributed by atoms with Gasteiger partial charge in [-0.3, -0.25) is 9.59 Å². The first kappa shape index (κ1) is 19.9. The second-order valence-electron chi connectivity index (χ2n) is 6.35. The van der Waals surface area contributed by atoms with Crippen molar-refractivity contribution < 1.29 is 24.0 Å². The van der Waals surface area contributed by atoms with E-state index >= 15 is 0 Å². The third-order valence-electron chi connectivity index (χ3n) is 4.44. The molecule has 1 aliphatic heterocycles. The van der Waals surface area contributed by atoms with Crippen LogP contribution >= 0.6 is 23.2 Å². The Bertz CT molecular complexity index is 1140. The van der Waals surface area contributed by atoms with Crippen LogP contribution in [0.2, 0.25) is 10.0 Å². The first-order chi connectivity index (χ1) is 14.5. The Morgan fingerprint density at radius 3 is 2.17 bits per heavy atom. The monoisotopic (exact) mass is 441 g/mol. The number of hydrogen-bond acceptors (Lipinski definition) is 5. The second kappa shape index (κ2) is 8.18. The molecule has 0 saturated heterocycles. The standard InChI is InChI=1S/C22H13Cl2NO5/c23-14-10-9-13(18(24)11-14)12-29-19-8-4-3-7-17(19)22(28)30-25-20(26)15-5-1-2-6-16(15)21(25)27/h1-11H,12H2. The van der Waals surface area contributed by atoms with E-state index in [-0.39, 0.29) is 29.0 Å². The number of imide groups is 1. The van der Waals surface area contributed by atoms with Crippen LogP contribution in [0.5, 0.6) is 5.75 Å². The number of nitrogens with zero attached hydrogens (tertiary/aromatic N) is 1. The zero-order chi connectivity index (χ0) is 21.3. The molecule has 8 heteroatoms. The molecule has 0 atom stereocenters. The van der Waals surface area contributed by atoms with E-state index in [0.717, 1.165) is 0 Å². The van der Waals surface area contributed by atoms with E-state index in [4.69, 9.17) is 32.8 Å². The van der Waals surface area contributed by atoms with Crippen molar-refractivity contribution in [3.05, 3.63) is 99.0 Å². The molecule has 30 heavy (non-hydrogen) atoms. The predicted octanol–water partition coefficient (Wildman–Crippen LogP) is 4.94. The molecular formula is C22H13Cl2NO5. The molecule has 3 aromatic rings. The van der Waals surface area contributed by atoms with Gasteiger partial charge < -0.3 is 9.57 Å². The molecular weight excluding hydrogens is 429 g/mol. The first-order valence-electron chi connectivity index (χ1n) is 8.81. The van der Waals surface area contributed by atoms with Crippen LogP contribution in [0.4, 0.5) is 0 Å². The zero-order valence-electron chi connectivity index (χ0n) is 15.3. The highest BCUT2D eigenvalue weighted by Crippen LogP contribution is 2.27. The molecule has 0 aliphatic carbocycles. The van der Waals surface area contributed by atoms with E-state index in [0.29, 0.717) is 20.7 Å². The number of halogens is 2. The molecule has 0 fully saturated rings. The second-order valence-corrected chi connectivity index (χ2v) is 7.19. The van der Waals surface area contributed by atoms with Crippen molar-refractivity contribution in [2.24, 2.45) is 0 Å². The van der Waals surface area contributed by atoms with E-state index in [9.17, 15) is 14.4 Å². The minimum Gasteiger partial charge on any atom is -0.488 e. The lowest BCUT2D eigenvalue weighted by atomic mass is 10.1. The SMILES string of the molecule is O=C(ON1C(=O)c2ccccc2C1=O)c1ccccc1OCc1ccc(Cl)cc1Cl. The van der Waals surface area contributed by atoms with Crippen molar-refractivity contribution in [3.8, 4) is 5.75 Å². The summed E-state index contributed by atoms with van der Waals surface area (Å²) < 4.78 is 5.73. The van der Waals surface area contributed by atoms with Gasteiger partial charge in [0.25, 0.3) is 11.8 Å². The van der Waals surface area contributed by atoms with Gasteiger partial charge in [-0.15, -0.1) is 0 Å². The summed E-state index contributed by atoms with van der Waals surface area (Å²) >= 11 is 12.0. The normalized spacial score (nSPS) is 12.7. The van der Waals surface area contributed by atoms with Crippen LogP contribution in [-0.2, 0) is 11.4 Å². The molecule has 0 unspecified atom stereocenters. The van der Waals surface area contributed by atoms with Crippen LogP contribution in [0.25, 0.3) is 0 Å². The summed E-state index contributed by atoms with van der Waals surface area (Å²) in [4.78, 5) is 42.6. The van der Waals surface area contributed by atoms with Crippen LogP contribution in [0, 0.1) is 0 Å². The summed E-state index contributed by atoms with van der Waals surface area (Å²) in [6.45, 7) is 0.0767. The molecule has 0 saturated carbocycles. The largest absolute Gasteiger partial charge is 0.488 e. The molecule has 0 spiro atoms. The highest BCUT2D eigenvalue weighted by molar-refractivity contribution is 6.35. The van der Waals surface area contributed by atoms with Gasteiger partial charge in [-0.1, -0.05) is 58.6 Å². The van der Waals surface area contributed by atoms with Crippen LogP contribution in [0.3, 0.4) is 0 Å². The van der Waals surface area contributed by atoms with Gasteiger partial charge in [-0.2, -0.15) is 0 Å². The van der Waals surface area contributed by atoms with Crippen molar-refractivity contribution in [1.29, 1.82) is 0 Å². The molecule has 0 radical (unpaired) electrons. The average molecular weight is 442 g/mol. The fourth-order valence-electron chi connectivity index (χ4n) is 2.94. The average Bonchev–Trinajstić information content (AvgIpc) is 2.98. The van der Waals surface area contributed by atoms with Gasteiger partial charge >= 0.3 is 5.97 Å². The summed E-state index contributed by atoms with van der Waals surface area (Å²) in [5.41, 5.74) is 1.08. The fourth-order valence-corrected chi connectivity index (χ4v) is 3.40. The minimum atomic E-state index is -0.901. The number of carbonyl (C=O) groups excluding carboxylic acids is 3. The van der Waals surface area contributed by atoms with Gasteiger partial charge in [0.1, 0.15) is 17.9 Å². The Hall–Kier alpha value is -3.35. The maximum Gasteiger partial charge on any atom is 0.367 e. The van der Waals surface area contributed by atoms with Gasteiger partial charge in [0.15, 0.2) is 0 Å². The van der Waals surface area contributed by atoms with Crippen LogP contribution in [0.15, 0.2) is 66.7 Å². The summed E-state index contributed by atoms with van der Waals surface area (Å²) in [7, 11) is 0.